The molecule has 0 spiro atoms. The zero-order valence-electron chi connectivity index (χ0n) is 10.8. The van der Waals surface area contributed by atoms with Crippen molar-refractivity contribution >= 4 is 12.6 Å². The van der Waals surface area contributed by atoms with Crippen molar-refractivity contribution in [2.75, 3.05) is 0 Å². The first-order valence-electron chi connectivity index (χ1n) is 5.98. The normalized spacial score (nSPS) is 10.0. The van der Waals surface area contributed by atoms with E-state index in [4.69, 9.17) is 20.0 Å². The highest BCUT2D eigenvalue weighted by atomic mass is 19.1. The lowest BCUT2D eigenvalue weighted by molar-refractivity contribution is 0.289. The molecule has 0 radical (unpaired) electrons. The molecule has 0 aliphatic carbocycles. The van der Waals surface area contributed by atoms with Crippen LogP contribution in [0.3, 0.4) is 0 Å². The lowest BCUT2D eigenvalue weighted by Gasteiger charge is -2.10. The molecule has 106 valence electrons. The van der Waals surface area contributed by atoms with Crippen molar-refractivity contribution < 1.29 is 23.6 Å². The van der Waals surface area contributed by atoms with Crippen molar-refractivity contribution in [1.29, 1.82) is 5.26 Å². The van der Waals surface area contributed by atoms with Gasteiger partial charge in [0.15, 0.2) is 11.6 Å². The van der Waals surface area contributed by atoms with Crippen LogP contribution >= 0.6 is 0 Å². The Bertz CT molecular complexity index is 701. The van der Waals surface area contributed by atoms with Crippen LogP contribution < -0.4 is 10.2 Å². The van der Waals surface area contributed by atoms with Crippen LogP contribution in [0, 0.1) is 23.0 Å². The van der Waals surface area contributed by atoms with E-state index in [9.17, 15) is 8.78 Å². The van der Waals surface area contributed by atoms with Crippen molar-refractivity contribution in [3.8, 4) is 11.8 Å². The summed E-state index contributed by atoms with van der Waals surface area (Å²) in [6, 6.07) is 8.82. The van der Waals surface area contributed by atoms with Gasteiger partial charge >= 0.3 is 7.12 Å². The molecule has 21 heavy (non-hydrogen) atoms. The van der Waals surface area contributed by atoms with Gasteiger partial charge in [-0.3, -0.25) is 0 Å². The maximum atomic E-state index is 13.6. The molecule has 0 saturated heterocycles. The van der Waals surface area contributed by atoms with Crippen LogP contribution in [0.4, 0.5) is 8.78 Å². The Labute approximate surface area is 120 Å². The number of halogens is 2. The third-order valence-corrected chi connectivity index (χ3v) is 2.82. The quantitative estimate of drug-likeness (QED) is 0.826. The van der Waals surface area contributed by atoms with Gasteiger partial charge in [0.25, 0.3) is 0 Å². The van der Waals surface area contributed by atoms with E-state index in [1.807, 2.05) is 6.07 Å². The summed E-state index contributed by atoms with van der Waals surface area (Å²) in [5.41, 5.74) is 0.549. The molecule has 2 rings (SSSR count). The average molecular weight is 289 g/mol. The highest BCUT2D eigenvalue weighted by Gasteiger charge is 2.15. The van der Waals surface area contributed by atoms with E-state index in [1.165, 1.54) is 12.1 Å². The smallest absolute Gasteiger partial charge is 0.486 e. The first kappa shape index (κ1) is 15.0. The Morgan fingerprint density at radius 3 is 2.57 bits per heavy atom. The molecule has 2 N–H and O–H groups in total. The van der Waals surface area contributed by atoms with Gasteiger partial charge in [-0.2, -0.15) is 5.26 Å². The minimum Gasteiger partial charge on any atom is -0.486 e. The summed E-state index contributed by atoms with van der Waals surface area (Å²) in [6.45, 7) is -0.220. The first-order valence-corrected chi connectivity index (χ1v) is 5.98. The van der Waals surface area contributed by atoms with Gasteiger partial charge in [-0.15, -0.1) is 0 Å². The van der Waals surface area contributed by atoms with E-state index >= 15 is 0 Å². The molecular formula is C14H10BF2NO3. The van der Waals surface area contributed by atoms with E-state index in [0.29, 0.717) is 0 Å². The third-order valence-electron chi connectivity index (χ3n) is 2.82. The molecule has 0 bridgehead atoms. The topological polar surface area (TPSA) is 73.5 Å². The molecule has 7 heteroatoms. The minimum absolute atomic E-state index is 0.0612. The van der Waals surface area contributed by atoms with Crippen molar-refractivity contribution in [3.05, 3.63) is 59.2 Å². The van der Waals surface area contributed by atoms with Gasteiger partial charge in [0.1, 0.15) is 12.4 Å². The molecule has 0 fully saturated rings. The van der Waals surface area contributed by atoms with Crippen LogP contribution in [0.1, 0.15) is 11.1 Å². The van der Waals surface area contributed by atoms with Gasteiger partial charge in [0.05, 0.1) is 11.6 Å². The lowest BCUT2D eigenvalue weighted by atomic mass is 9.80. The van der Waals surface area contributed by atoms with Crippen molar-refractivity contribution in [1.82, 2.24) is 0 Å². The zero-order valence-corrected chi connectivity index (χ0v) is 10.8. The third kappa shape index (κ3) is 3.57. The zero-order chi connectivity index (χ0) is 15.4. The molecule has 0 saturated carbocycles. The average Bonchev–Trinajstić information content (AvgIpc) is 2.46. The van der Waals surface area contributed by atoms with Crippen LogP contribution in [-0.2, 0) is 6.61 Å². The van der Waals surface area contributed by atoms with E-state index < -0.39 is 18.8 Å². The van der Waals surface area contributed by atoms with Crippen LogP contribution in [0.5, 0.6) is 5.75 Å². The SMILES string of the molecule is N#Cc1ccc(F)cc1COc1cc(B(O)O)ccc1F. The van der Waals surface area contributed by atoms with Crippen molar-refractivity contribution in [3.63, 3.8) is 0 Å². The maximum absolute atomic E-state index is 13.6. The molecule has 0 aliphatic rings. The number of nitriles is 1. The molecule has 2 aromatic rings. The summed E-state index contributed by atoms with van der Waals surface area (Å²) in [5.74, 6) is -1.45. The predicted octanol–water partition coefficient (Wildman–Crippen LogP) is 1.10. The molecule has 4 nitrogen and oxygen atoms in total. The first-order chi connectivity index (χ1) is 10.0. The molecule has 0 unspecified atom stereocenters. The second-order valence-electron chi connectivity index (χ2n) is 4.27. The second kappa shape index (κ2) is 6.35. The number of ether oxygens (including phenoxy) is 1. The Kier molecular flexibility index (Phi) is 4.53. The molecule has 0 aliphatic heterocycles. The molecule has 0 amide bonds. The van der Waals surface area contributed by atoms with Gasteiger partial charge in [-0.05, 0) is 35.8 Å². The standard InChI is InChI=1S/C14H10BF2NO3/c16-12-3-1-9(7-18)10(5-12)8-21-14-6-11(15(19)20)2-4-13(14)17/h1-6,19-20H,8H2. The van der Waals surface area contributed by atoms with Gasteiger partial charge in [-0.1, -0.05) is 6.07 Å². The Morgan fingerprint density at radius 1 is 1.14 bits per heavy atom. The van der Waals surface area contributed by atoms with E-state index in [-0.39, 0.29) is 28.9 Å². The van der Waals surface area contributed by atoms with Gasteiger partial charge in [-0.25, -0.2) is 8.78 Å². The highest BCUT2D eigenvalue weighted by molar-refractivity contribution is 6.58. The number of benzene rings is 2. The van der Waals surface area contributed by atoms with E-state index in [1.54, 1.807) is 0 Å². The summed E-state index contributed by atoms with van der Waals surface area (Å²) >= 11 is 0. The van der Waals surface area contributed by atoms with E-state index in [0.717, 1.165) is 24.3 Å². The fraction of sp³-hybridized carbons (Fsp3) is 0.0714. The predicted molar refractivity (Wildman–Crippen MR) is 71.7 cm³/mol. The van der Waals surface area contributed by atoms with Crippen LogP contribution in [0.25, 0.3) is 0 Å². The Morgan fingerprint density at radius 2 is 1.90 bits per heavy atom. The van der Waals surface area contributed by atoms with Crippen LogP contribution in [0.15, 0.2) is 36.4 Å². The van der Waals surface area contributed by atoms with Crippen LogP contribution in [-0.4, -0.2) is 17.2 Å². The number of nitrogens with zero attached hydrogens (tertiary/aromatic N) is 1. The monoisotopic (exact) mass is 289 g/mol. The maximum Gasteiger partial charge on any atom is 0.488 e. The number of hydrogen-bond acceptors (Lipinski definition) is 4. The molecule has 0 atom stereocenters. The Hall–Kier alpha value is -2.43. The van der Waals surface area contributed by atoms with Gasteiger partial charge in [0.2, 0.25) is 0 Å². The van der Waals surface area contributed by atoms with Gasteiger partial charge < -0.3 is 14.8 Å². The molecular weight excluding hydrogens is 279 g/mol. The number of hydrogen-bond donors (Lipinski definition) is 2. The molecule has 2 aromatic carbocycles. The van der Waals surface area contributed by atoms with Gasteiger partial charge in [0, 0.05) is 5.56 Å². The summed E-state index contributed by atoms with van der Waals surface area (Å²) in [7, 11) is -1.75. The summed E-state index contributed by atoms with van der Waals surface area (Å²) in [5, 5.41) is 27.0. The van der Waals surface area contributed by atoms with Crippen LogP contribution in [0.2, 0.25) is 0 Å². The number of rotatable bonds is 4. The summed E-state index contributed by atoms with van der Waals surface area (Å²) in [6.07, 6.45) is 0. The van der Waals surface area contributed by atoms with Crippen molar-refractivity contribution in [2.45, 2.75) is 6.61 Å². The van der Waals surface area contributed by atoms with E-state index in [2.05, 4.69) is 0 Å². The lowest BCUT2D eigenvalue weighted by Crippen LogP contribution is -2.29. The van der Waals surface area contributed by atoms with Crippen molar-refractivity contribution in [2.24, 2.45) is 0 Å². The summed E-state index contributed by atoms with van der Waals surface area (Å²) in [4.78, 5) is 0. The fourth-order valence-electron chi connectivity index (χ4n) is 1.74. The summed E-state index contributed by atoms with van der Waals surface area (Å²) < 4.78 is 31.9. The molecule has 0 heterocycles. The largest absolute Gasteiger partial charge is 0.488 e. The minimum atomic E-state index is -1.75. The Balaban J connectivity index is 2.22. The molecule has 0 aromatic heterocycles. The fourth-order valence-corrected chi connectivity index (χ4v) is 1.74. The second-order valence-corrected chi connectivity index (χ2v) is 4.27. The highest BCUT2D eigenvalue weighted by Crippen LogP contribution is 2.18.